The van der Waals surface area contributed by atoms with Gasteiger partial charge in [-0.15, -0.1) is 11.3 Å². The fraction of sp³-hybridized carbons (Fsp3) is 0.250. The van der Waals surface area contributed by atoms with E-state index < -0.39 is 10.0 Å². The second-order valence-corrected chi connectivity index (χ2v) is 9.36. The Morgan fingerprint density at radius 1 is 1.11 bits per heavy atom. The SMILES string of the molecule is O=C(CCNS(=O)(=O)c1ccc2ccccc2c1)N1CCc2sccc2C1. The number of amides is 1. The molecule has 2 aromatic carbocycles. The first-order valence-electron chi connectivity index (χ1n) is 8.84. The molecule has 1 N–H and O–H groups in total. The molecule has 1 amide bonds. The van der Waals surface area contributed by atoms with Crippen molar-refractivity contribution in [2.45, 2.75) is 24.3 Å². The Hall–Kier alpha value is -2.22. The Morgan fingerprint density at radius 3 is 2.78 bits per heavy atom. The highest BCUT2D eigenvalue weighted by Gasteiger charge is 2.22. The Bertz CT molecular complexity index is 1090. The number of carbonyl (C=O) groups excluding carboxylic acids is 1. The predicted octanol–water partition coefficient (Wildman–Crippen LogP) is 3.15. The fourth-order valence-corrected chi connectivity index (χ4v) is 5.29. The number of hydrogen-bond donors (Lipinski definition) is 1. The van der Waals surface area contributed by atoms with Gasteiger partial charge in [-0.2, -0.15) is 0 Å². The van der Waals surface area contributed by atoms with Crippen molar-refractivity contribution in [1.29, 1.82) is 0 Å². The van der Waals surface area contributed by atoms with Crippen molar-refractivity contribution in [3.63, 3.8) is 0 Å². The summed E-state index contributed by atoms with van der Waals surface area (Å²) in [6.45, 7) is 1.42. The second-order valence-electron chi connectivity index (χ2n) is 6.59. The average Bonchev–Trinajstić information content (AvgIpc) is 3.15. The summed E-state index contributed by atoms with van der Waals surface area (Å²) in [5.41, 5.74) is 1.20. The number of fused-ring (bicyclic) bond motifs is 2. The maximum absolute atomic E-state index is 12.5. The molecule has 0 aliphatic carbocycles. The summed E-state index contributed by atoms with van der Waals surface area (Å²) in [5, 5.41) is 3.91. The summed E-state index contributed by atoms with van der Waals surface area (Å²) in [4.78, 5) is 15.8. The minimum atomic E-state index is -3.64. The number of nitrogens with one attached hydrogen (secondary N) is 1. The van der Waals surface area contributed by atoms with Crippen molar-refractivity contribution in [3.05, 3.63) is 64.4 Å². The number of sulfonamides is 1. The predicted molar refractivity (Wildman–Crippen MR) is 107 cm³/mol. The van der Waals surface area contributed by atoms with Gasteiger partial charge in [0, 0.05) is 30.9 Å². The smallest absolute Gasteiger partial charge is 0.240 e. The van der Waals surface area contributed by atoms with Crippen molar-refractivity contribution in [2.75, 3.05) is 13.1 Å². The van der Waals surface area contributed by atoms with E-state index in [9.17, 15) is 13.2 Å². The number of rotatable bonds is 5. The lowest BCUT2D eigenvalue weighted by Gasteiger charge is -2.27. The van der Waals surface area contributed by atoms with E-state index in [0.717, 1.165) is 17.2 Å². The third-order valence-corrected chi connectivity index (χ3v) is 7.30. The Morgan fingerprint density at radius 2 is 1.93 bits per heavy atom. The van der Waals surface area contributed by atoms with Crippen LogP contribution < -0.4 is 4.72 Å². The zero-order chi connectivity index (χ0) is 18.9. The fourth-order valence-electron chi connectivity index (χ4n) is 3.33. The number of nitrogens with zero attached hydrogens (tertiary/aromatic N) is 1. The standard InChI is InChI=1S/C20H20N2O3S2/c23-20(22-11-8-19-17(14-22)9-12-26-19)7-10-21-27(24,25)18-6-5-15-3-1-2-4-16(15)13-18/h1-6,9,12-13,21H,7-8,10-11,14H2. The third kappa shape index (κ3) is 3.90. The van der Waals surface area contributed by atoms with Gasteiger partial charge in [0.1, 0.15) is 0 Å². The van der Waals surface area contributed by atoms with E-state index in [2.05, 4.69) is 16.2 Å². The molecule has 140 valence electrons. The van der Waals surface area contributed by atoms with E-state index in [-0.39, 0.29) is 23.8 Å². The number of thiophene rings is 1. The maximum atomic E-state index is 12.5. The molecule has 0 saturated carbocycles. The molecule has 0 bridgehead atoms. The number of hydrogen-bond acceptors (Lipinski definition) is 4. The van der Waals surface area contributed by atoms with Crippen molar-refractivity contribution in [3.8, 4) is 0 Å². The zero-order valence-electron chi connectivity index (χ0n) is 14.7. The molecule has 27 heavy (non-hydrogen) atoms. The molecule has 2 heterocycles. The van der Waals surface area contributed by atoms with Gasteiger partial charge in [-0.05, 0) is 46.3 Å². The summed E-state index contributed by atoms with van der Waals surface area (Å²) in [5.74, 6) is -0.0203. The molecule has 1 aliphatic heterocycles. The Labute approximate surface area is 162 Å². The summed E-state index contributed by atoms with van der Waals surface area (Å²) in [6, 6.07) is 14.7. The van der Waals surface area contributed by atoms with Crippen LogP contribution in [0, 0.1) is 0 Å². The van der Waals surface area contributed by atoms with Crippen LogP contribution in [0.15, 0.2) is 58.8 Å². The van der Waals surface area contributed by atoms with Gasteiger partial charge in [0.15, 0.2) is 0 Å². The lowest BCUT2D eigenvalue weighted by molar-refractivity contribution is -0.131. The average molecular weight is 401 g/mol. The van der Waals surface area contributed by atoms with Crippen molar-refractivity contribution < 1.29 is 13.2 Å². The lowest BCUT2D eigenvalue weighted by Crippen LogP contribution is -2.37. The quantitative estimate of drug-likeness (QED) is 0.715. The maximum Gasteiger partial charge on any atom is 0.240 e. The first kappa shape index (κ1) is 18.2. The van der Waals surface area contributed by atoms with Crippen molar-refractivity contribution in [1.82, 2.24) is 9.62 Å². The first-order valence-corrected chi connectivity index (χ1v) is 11.2. The van der Waals surface area contributed by atoms with E-state index >= 15 is 0 Å². The Balaban J connectivity index is 1.37. The molecule has 5 nitrogen and oxygen atoms in total. The van der Waals surface area contributed by atoms with Crippen LogP contribution in [0.3, 0.4) is 0 Å². The topological polar surface area (TPSA) is 66.5 Å². The molecule has 0 fully saturated rings. The van der Waals surface area contributed by atoms with Gasteiger partial charge in [-0.3, -0.25) is 4.79 Å². The molecule has 1 aliphatic rings. The van der Waals surface area contributed by atoms with Crippen LogP contribution in [0.25, 0.3) is 10.8 Å². The van der Waals surface area contributed by atoms with Crippen LogP contribution in [-0.4, -0.2) is 32.3 Å². The van der Waals surface area contributed by atoms with Crippen LogP contribution in [-0.2, 0) is 27.8 Å². The summed E-state index contributed by atoms with van der Waals surface area (Å²) < 4.78 is 27.6. The normalized spacial score (nSPS) is 14.3. The van der Waals surface area contributed by atoms with Crippen molar-refractivity contribution in [2.24, 2.45) is 0 Å². The molecular formula is C20H20N2O3S2. The van der Waals surface area contributed by atoms with E-state index in [1.165, 1.54) is 10.4 Å². The molecule has 0 radical (unpaired) electrons. The van der Waals surface area contributed by atoms with Crippen LogP contribution in [0.2, 0.25) is 0 Å². The molecule has 4 rings (SSSR count). The van der Waals surface area contributed by atoms with Gasteiger partial charge in [0.05, 0.1) is 4.90 Å². The van der Waals surface area contributed by atoms with Crippen LogP contribution >= 0.6 is 11.3 Å². The van der Waals surface area contributed by atoms with Crippen LogP contribution in [0.1, 0.15) is 16.9 Å². The highest BCUT2D eigenvalue weighted by atomic mass is 32.2. The minimum Gasteiger partial charge on any atom is -0.338 e. The summed E-state index contributed by atoms with van der Waals surface area (Å²) in [7, 11) is -3.64. The molecule has 0 atom stereocenters. The molecule has 3 aromatic rings. The molecule has 7 heteroatoms. The summed E-state index contributed by atoms with van der Waals surface area (Å²) >= 11 is 1.73. The minimum absolute atomic E-state index is 0.0203. The highest BCUT2D eigenvalue weighted by Crippen LogP contribution is 2.24. The van der Waals surface area contributed by atoms with Crippen LogP contribution in [0.4, 0.5) is 0 Å². The van der Waals surface area contributed by atoms with Gasteiger partial charge in [0.25, 0.3) is 0 Å². The zero-order valence-corrected chi connectivity index (χ0v) is 16.4. The van der Waals surface area contributed by atoms with Gasteiger partial charge in [-0.1, -0.05) is 30.3 Å². The monoisotopic (exact) mass is 400 g/mol. The summed E-state index contributed by atoms with van der Waals surface area (Å²) in [6.07, 6.45) is 1.04. The van der Waals surface area contributed by atoms with Crippen molar-refractivity contribution >= 4 is 38.0 Å². The molecule has 0 spiro atoms. The van der Waals surface area contributed by atoms with Gasteiger partial charge in [0.2, 0.25) is 15.9 Å². The number of benzene rings is 2. The van der Waals surface area contributed by atoms with E-state index in [1.54, 1.807) is 34.4 Å². The largest absolute Gasteiger partial charge is 0.338 e. The van der Waals surface area contributed by atoms with Gasteiger partial charge < -0.3 is 4.90 Å². The molecule has 0 saturated heterocycles. The third-order valence-electron chi connectivity index (χ3n) is 4.82. The molecular weight excluding hydrogens is 380 g/mol. The lowest BCUT2D eigenvalue weighted by atomic mass is 10.1. The van der Waals surface area contributed by atoms with Gasteiger partial charge in [-0.25, -0.2) is 13.1 Å². The van der Waals surface area contributed by atoms with Crippen LogP contribution in [0.5, 0.6) is 0 Å². The van der Waals surface area contributed by atoms with E-state index in [1.807, 2.05) is 24.3 Å². The van der Waals surface area contributed by atoms with E-state index in [0.29, 0.717) is 13.1 Å². The highest BCUT2D eigenvalue weighted by molar-refractivity contribution is 7.89. The molecule has 0 unspecified atom stereocenters. The second kappa shape index (κ2) is 7.42. The van der Waals surface area contributed by atoms with E-state index in [4.69, 9.17) is 0 Å². The first-order chi connectivity index (χ1) is 13.0. The van der Waals surface area contributed by atoms with Gasteiger partial charge >= 0.3 is 0 Å². The molecule has 1 aromatic heterocycles. The number of carbonyl (C=O) groups is 1. The Kier molecular flexibility index (Phi) is 4.99.